The molecule has 1 amide bonds. The SMILES string of the molecule is Cc1ccc(-c2cn(-c3ccc(F)cc3)c3cc(C(=O)NC4CCS(O)(O)C4)ccc23)cc1. The maximum Gasteiger partial charge on any atom is 0.251 e. The Morgan fingerprint density at radius 1 is 1.06 bits per heavy atom. The lowest BCUT2D eigenvalue weighted by Crippen LogP contribution is -2.35. The fraction of sp³-hybridized carbons (Fsp3) is 0.192. The molecule has 1 aliphatic heterocycles. The highest BCUT2D eigenvalue weighted by molar-refractivity contribution is 8.24. The number of aromatic nitrogens is 1. The van der Waals surface area contributed by atoms with E-state index >= 15 is 0 Å². The highest BCUT2D eigenvalue weighted by Gasteiger charge is 2.29. The summed E-state index contributed by atoms with van der Waals surface area (Å²) in [6.45, 7) is 2.04. The smallest absolute Gasteiger partial charge is 0.251 e. The van der Waals surface area contributed by atoms with Crippen molar-refractivity contribution in [1.82, 2.24) is 9.88 Å². The molecule has 0 saturated carbocycles. The van der Waals surface area contributed by atoms with Crippen LogP contribution in [0.15, 0.2) is 72.9 Å². The van der Waals surface area contributed by atoms with Crippen LogP contribution in [0.1, 0.15) is 22.3 Å². The van der Waals surface area contributed by atoms with Crippen LogP contribution in [-0.4, -0.2) is 37.1 Å². The van der Waals surface area contributed by atoms with Crippen molar-refractivity contribution >= 4 is 27.4 Å². The summed E-state index contributed by atoms with van der Waals surface area (Å²) in [5.74, 6) is -0.0335. The van der Waals surface area contributed by atoms with Crippen molar-refractivity contribution in [2.45, 2.75) is 19.4 Å². The van der Waals surface area contributed by atoms with Crippen molar-refractivity contribution in [1.29, 1.82) is 0 Å². The first kappa shape index (κ1) is 21.7. The summed E-state index contributed by atoms with van der Waals surface area (Å²) in [7, 11) is -2.58. The Labute approximate surface area is 193 Å². The van der Waals surface area contributed by atoms with Gasteiger partial charge in [-0.2, -0.15) is 10.6 Å². The highest BCUT2D eigenvalue weighted by Crippen LogP contribution is 2.45. The Balaban J connectivity index is 1.57. The topological polar surface area (TPSA) is 74.5 Å². The molecule has 4 aromatic rings. The van der Waals surface area contributed by atoms with Gasteiger partial charge in [0.05, 0.1) is 11.3 Å². The predicted octanol–water partition coefficient (Wildman–Crippen LogP) is 6.00. The average molecular weight is 465 g/mol. The minimum Gasteiger partial charge on any atom is -0.348 e. The summed E-state index contributed by atoms with van der Waals surface area (Å²) in [6, 6.07) is 19.8. The van der Waals surface area contributed by atoms with Crippen LogP contribution in [-0.2, 0) is 0 Å². The van der Waals surface area contributed by atoms with E-state index < -0.39 is 10.6 Å². The van der Waals surface area contributed by atoms with E-state index in [9.17, 15) is 18.3 Å². The molecule has 3 aromatic carbocycles. The second-order valence-corrected chi connectivity index (χ2v) is 11.0. The summed E-state index contributed by atoms with van der Waals surface area (Å²) in [4.78, 5) is 12.9. The molecule has 5 rings (SSSR count). The summed E-state index contributed by atoms with van der Waals surface area (Å²) >= 11 is 0. The molecule has 0 spiro atoms. The molecule has 7 heteroatoms. The van der Waals surface area contributed by atoms with E-state index in [1.807, 2.05) is 29.8 Å². The van der Waals surface area contributed by atoms with Gasteiger partial charge in [-0.05, 0) is 55.3 Å². The van der Waals surface area contributed by atoms with Gasteiger partial charge < -0.3 is 9.88 Å². The molecule has 1 aliphatic rings. The third kappa shape index (κ3) is 4.39. The van der Waals surface area contributed by atoms with Crippen LogP contribution in [0.3, 0.4) is 0 Å². The first-order valence-corrected chi connectivity index (χ1v) is 12.7. The van der Waals surface area contributed by atoms with Gasteiger partial charge in [0.1, 0.15) is 5.82 Å². The van der Waals surface area contributed by atoms with E-state index in [0.717, 1.165) is 27.7 Å². The molecule has 0 aliphatic carbocycles. The Morgan fingerprint density at radius 2 is 1.79 bits per heavy atom. The first-order chi connectivity index (χ1) is 15.8. The molecule has 1 unspecified atom stereocenters. The van der Waals surface area contributed by atoms with Gasteiger partial charge in [-0.25, -0.2) is 4.39 Å². The zero-order chi connectivity index (χ0) is 23.2. The molecular weight excluding hydrogens is 439 g/mol. The molecule has 170 valence electrons. The van der Waals surface area contributed by atoms with Crippen molar-refractivity contribution in [3.8, 4) is 16.8 Å². The first-order valence-electron chi connectivity index (χ1n) is 10.8. The van der Waals surface area contributed by atoms with Crippen LogP contribution < -0.4 is 5.32 Å². The molecule has 3 N–H and O–H groups in total. The number of hydrogen-bond donors (Lipinski definition) is 3. The largest absolute Gasteiger partial charge is 0.348 e. The lowest BCUT2D eigenvalue weighted by atomic mass is 10.0. The zero-order valence-electron chi connectivity index (χ0n) is 18.2. The van der Waals surface area contributed by atoms with Gasteiger partial charge in [0.2, 0.25) is 0 Å². The fourth-order valence-corrected chi connectivity index (χ4v) is 6.07. The summed E-state index contributed by atoms with van der Waals surface area (Å²) in [6.07, 6.45) is 2.57. The average Bonchev–Trinajstić information content (AvgIpc) is 3.34. The number of hydrogen-bond acceptors (Lipinski definition) is 3. The van der Waals surface area contributed by atoms with Crippen LogP contribution in [0.2, 0.25) is 0 Å². The summed E-state index contributed by atoms with van der Waals surface area (Å²) in [5, 5.41) is 3.91. The number of halogens is 1. The number of carbonyl (C=O) groups is 1. The predicted molar refractivity (Wildman–Crippen MR) is 132 cm³/mol. The highest BCUT2D eigenvalue weighted by atomic mass is 32.3. The van der Waals surface area contributed by atoms with E-state index in [0.29, 0.717) is 17.7 Å². The fourth-order valence-electron chi connectivity index (χ4n) is 4.35. The monoisotopic (exact) mass is 464 g/mol. The van der Waals surface area contributed by atoms with Crippen molar-refractivity contribution in [3.63, 3.8) is 0 Å². The number of benzene rings is 3. The van der Waals surface area contributed by atoms with Gasteiger partial charge in [-0.1, -0.05) is 35.9 Å². The Hall–Kier alpha value is -3.13. The second kappa shape index (κ2) is 8.33. The number of fused-ring (bicyclic) bond motifs is 1. The second-order valence-electron chi connectivity index (χ2n) is 8.62. The minimum absolute atomic E-state index is 0.199. The Kier molecular flexibility index (Phi) is 5.48. The summed E-state index contributed by atoms with van der Waals surface area (Å²) < 4.78 is 35.2. The molecule has 0 bridgehead atoms. The zero-order valence-corrected chi connectivity index (χ0v) is 19.0. The maximum atomic E-state index is 13.5. The third-order valence-electron chi connectivity index (χ3n) is 6.13. The van der Waals surface area contributed by atoms with Gasteiger partial charge in [0.15, 0.2) is 0 Å². The Morgan fingerprint density at radius 3 is 2.45 bits per heavy atom. The van der Waals surface area contributed by atoms with Crippen molar-refractivity contribution in [3.05, 3.63) is 89.9 Å². The van der Waals surface area contributed by atoms with E-state index in [1.165, 1.54) is 17.7 Å². The number of aryl methyl sites for hydroxylation is 1. The van der Waals surface area contributed by atoms with Crippen LogP contribution in [0.5, 0.6) is 0 Å². The number of carbonyl (C=O) groups excluding carboxylic acids is 1. The molecule has 2 heterocycles. The van der Waals surface area contributed by atoms with E-state index in [1.54, 1.807) is 18.2 Å². The number of nitrogens with zero attached hydrogens (tertiary/aromatic N) is 1. The molecule has 1 fully saturated rings. The lowest BCUT2D eigenvalue weighted by molar-refractivity contribution is 0.0941. The molecule has 1 saturated heterocycles. The lowest BCUT2D eigenvalue weighted by Gasteiger charge is -2.26. The normalized spacial score (nSPS) is 18.4. The number of rotatable bonds is 4. The van der Waals surface area contributed by atoms with Gasteiger partial charge >= 0.3 is 0 Å². The molecular formula is C26H25FN2O3S. The van der Waals surface area contributed by atoms with Crippen LogP contribution in [0.25, 0.3) is 27.7 Å². The van der Waals surface area contributed by atoms with Crippen LogP contribution in [0, 0.1) is 12.7 Å². The molecule has 1 atom stereocenters. The van der Waals surface area contributed by atoms with Crippen molar-refractivity contribution < 1.29 is 18.3 Å². The van der Waals surface area contributed by atoms with Crippen molar-refractivity contribution in [2.75, 3.05) is 11.5 Å². The third-order valence-corrected chi connectivity index (χ3v) is 7.96. The van der Waals surface area contributed by atoms with E-state index in [4.69, 9.17) is 0 Å². The van der Waals surface area contributed by atoms with Crippen molar-refractivity contribution in [2.24, 2.45) is 0 Å². The standard InChI is InChI=1S/C26H25FN2O3S/c1-17-2-4-18(5-3-17)24-15-29(22-9-7-20(27)8-10-22)25-14-19(6-11-23(24)25)26(30)28-21-12-13-33(31,32)16-21/h2-11,14-15,21,31-32H,12-13,16H2,1H3,(H,28,30). The quantitative estimate of drug-likeness (QED) is 0.347. The van der Waals surface area contributed by atoms with Gasteiger partial charge in [0.25, 0.3) is 5.91 Å². The molecule has 1 aromatic heterocycles. The Bertz CT molecular complexity index is 1330. The van der Waals surface area contributed by atoms with E-state index in [-0.39, 0.29) is 23.5 Å². The van der Waals surface area contributed by atoms with Gasteiger partial charge in [-0.3, -0.25) is 13.9 Å². The number of nitrogens with one attached hydrogen (secondary N) is 1. The minimum atomic E-state index is -2.58. The van der Waals surface area contributed by atoms with Crippen LogP contribution in [0.4, 0.5) is 4.39 Å². The summed E-state index contributed by atoms with van der Waals surface area (Å²) in [5.41, 5.74) is 5.36. The molecule has 5 nitrogen and oxygen atoms in total. The maximum absolute atomic E-state index is 13.5. The van der Waals surface area contributed by atoms with Crippen LogP contribution >= 0.6 is 10.6 Å². The van der Waals surface area contributed by atoms with E-state index in [2.05, 4.69) is 29.6 Å². The van der Waals surface area contributed by atoms with Gasteiger partial charge in [-0.15, -0.1) is 0 Å². The molecule has 33 heavy (non-hydrogen) atoms. The molecule has 0 radical (unpaired) electrons. The number of amides is 1. The van der Waals surface area contributed by atoms with Gasteiger partial charge in [0, 0.05) is 40.2 Å².